The molecule has 0 unspecified atom stereocenters. The molecule has 0 aliphatic heterocycles. The van der Waals surface area contributed by atoms with Crippen LogP contribution in [0.4, 0.5) is 4.79 Å². The van der Waals surface area contributed by atoms with E-state index in [1.807, 2.05) is 13.8 Å². The third-order valence-electron chi connectivity index (χ3n) is 3.46. The molecule has 0 aromatic rings. The quantitative estimate of drug-likeness (QED) is 0.543. The van der Waals surface area contributed by atoms with Crippen molar-refractivity contribution in [3.63, 3.8) is 0 Å². The number of carboxylic acid groups (broad SMARTS) is 1. The van der Waals surface area contributed by atoms with Crippen LogP contribution < -0.4 is 16.0 Å². The second-order valence-corrected chi connectivity index (χ2v) is 5.58. The van der Waals surface area contributed by atoms with E-state index < -0.39 is 23.4 Å². The van der Waals surface area contributed by atoms with E-state index in [4.69, 9.17) is 5.11 Å². The Hall–Kier alpha value is -1.63. The zero-order valence-electron chi connectivity index (χ0n) is 12.0. The minimum Gasteiger partial charge on any atom is -0.480 e. The first-order chi connectivity index (χ1) is 9.35. The van der Waals surface area contributed by atoms with Crippen LogP contribution in [0.2, 0.25) is 0 Å². The summed E-state index contributed by atoms with van der Waals surface area (Å²) in [7, 11) is 0. The normalized spacial score (nSPS) is 16.4. The van der Waals surface area contributed by atoms with Gasteiger partial charge in [-0.15, -0.1) is 0 Å². The molecule has 4 N–H and O–H groups in total. The summed E-state index contributed by atoms with van der Waals surface area (Å²) in [6, 6.07) is -0.546. The monoisotopic (exact) mass is 285 g/mol. The molecular weight excluding hydrogens is 262 g/mol. The Morgan fingerprint density at radius 2 is 1.90 bits per heavy atom. The molecule has 0 spiro atoms. The Labute approximate surface area is 118 Å². The summed E-state index contributed by atoms with van der Waals surface area (Å²) >= 11 is 0. The van der Waals surface area contributed by atoms with Gasteiger partial charge in [-0.2, -0.15) is 0 Å². The predicted molar refractivity (Wildman–Crippen MR) is 73.2 cm³/mol. The third-order valence-corrected chi connectivity index (χ3v) is 3.46. The first-order valence-corrected chi connectivity index (χ1v) is 6.92. The van der Waals surface area contributed by atoms with Crippen molar-refractivity contribution in [2.45, 2.75) is 45.1 Å². The number of amides is 3. The van der Waals surface area contributed by atoms with Crippen LogP contribution in [0, 0.1) is 5.92 Å². The maximum absolute atomic E-state index is 11.5. The number of aliphatic carboxylic acids is 1. The number of hydrogen-bond acceptors (Lipinski definition) is 4. The minimum absolute atomic E-state index is 0.177. The lowest BCUT2D eigenvalue weighted by Gasteiger charge is -2.38. The molecule has 0 atom stereocenters. The van der Waals surface area contributed by atoms with E-state index in [0.29, 0.717) is 25.3 Å². The highest BCUT2D eigenvalue weighted by Gasteiger charge is 2.44. The predicted octanol–water partition coefficient (Wildman–Crippen LogP) is 0.455. The van der Waals surface area contributed by atoms with E-state index in [1.165, 1.54) is 0 Å². The molecule has 0 radical (unpaired) electrons. The van der Waals surface area contributed by atoms with Gasteiger partial charge in [0.15, 0.2) is 0 Å². The number of carbonyl (C=O) groups excluding carboxylic acids is 2. The number of rotatable bonds is 7. The van der Waals surface area contributed by atoms with E-state index in [1.54, 1.807) is 0 Å². The van der Waals surface area contributed by atoms with Crippen molar-refractivity contribution in [1.82, 2.24) is 16.0 Å². The Morgan fingerprint density at radius 3 is 2.35 bits per heavy atom. The van der Waals surface area contributed by atoms with Gasteiger partial charge in [-0.1, -0.05) is 13.8 Å². The molecule has 1 rings (SSSR count). The average molecular weight is 285 g/mol. The number of carbonyl (C=O) groups is 3. The molecule has 7 heteroatoms. The van der Waals surface area contributed by atoms with Crippen LogP contribution in [0.25, 0.3) is 0 Å². The first kappa shape index (κ1) is 16.4. The molecule has 3 amide bonds. The van der Waals surface area contributed by atoms with Crippen molar-refractivity contribution >= 4 is 17.9 Å². The van der Waals surface area contributed by atoms with Gasteiger partial charge in [0.05, 0.1) is 6.54 Å². The van der Waals surface area contributed by atoms with Crippen LogP contribution >= 0.6 is 0 Å². The fraction of sp³-hybridized carbons (Fsp3) is 0.769. The van der Waals surface area contributed by atoms with E-state index in [2.05, 4.69) is 16.0 Å². The second-order valence-electron chi connectivity index (χ2n) is 5.58. The SMILES string of the molecule is CC(C)CCNC(=O)NC(=O)CNC1(C(=O)O)CCC1. The van der Waals surface area contributed by atoms with E-state index in [-0.39, 0.29) is 6.54 Å². The highest BCUT2D eigenvalue weighted by atomic mass is 16.4. The molecule has 1 aliphatic carbocycles. The lowest BCUT2D eigenvalue weighted by Crippen LogP contribution is -2.59. The average Bonchev–Trinajstić information content (AvgIpc) is 2.26. The largest absolute Gasteiger partial charge is 0.480 e. The Bertz CT molecular complexity index is 378. The Balaban J connectivity index is 2.23. The van der Waals surface area contributed by atoms with E-state index in [9.17, 15) is 14.4 Å². The molecule has 20 heavy (non-hydrogen) atoms. The summed E-state index contributed by atoms with van der Waals surface area (Å²) in [5.41, 5.74) is -0.995. The van der Waals surface area contributed by atoms with Crippen molar-refractivity contribution in [2.75, 3.05) is 13.1 Å². The lowest BCUT2D eigenvalue weighted by molar-refractivity contribution is -0.148. The summed E-state index contributed by atoms with van der Waals surface area (Å²) in [6.45, 7) is 4.41. The molecule has 0 bridgehead atoms. The number of carboxylic acids is 1. The molecule has 1 fully saturated rings. The van der Waals surface area contributed by atoms with E-state index >= 15 is 0 Å². The van der Waals surface area contributed by atoms with Gasteiger partial charge < -0.3 is 10.4 Å². The highest BCUT2D eigenvalue weighted by Crippen LogP contribution is 2.31. The lowest BCUT2D eigenvalue weighted by atomic mass is 9.77. The molecule has 0 heterocycles. The van der Waals surface area contributed by atoms with Crippen molar-refractivity contribution in [1.29, 1.82) is 0 Å². The van der Waals surface area contributed by atoms with Crippen molar-refractivity contribution in [2.24, 2.45) is 5.92 Å². The molecule has 0 saturated heterocycles. The fourth-order valence-corrected chi connectivity index (χ4v) is 1.94. The van der Waals surface area contributed by atoms with Gasteiger partial charge in [0, 0.05) is 6.54 Å². The summed E-state index contributed by atoms with van der Waals surface area (Å²) in [5, 5.41) is 16.5. The zero-order chi connectivity index (χ0) is 15.2. The van der Waals surface area contributed by atoms with E-state index in [0.717, 1.165) is 12.8 Å². The third kappa shape index (κ3) is 4.80. The minimum atomic E-state index is -0.995. The van der Waals surface area contributed by atoms with Crippen molar-refractivity contribution < 1.29 is 19.5 Å². The van der Waals surface area contributed by atoms with Crippen LogP contribution in [0.1, 0.15) is 39.5 Å². The molecular formula is C13H23N3O4. The molecule has 1 saturated carbocycles. The number of urea groups is 1. The molecule has 0 aromatic carbocycles. The zero-order valence-corrected chi connectivity index (χ0v) is 12.0. The topological polar surface area (TPSA) is 108 Å². The second kappa shape index (κ2) is 7.23. The summed E-state index contributed by atoms with van der Waals surface area (Å²) in [5.74, 6) is -1.00. The van der Waals surface area contributed by atoms with Crippen LogP contribution in [0.5, 0.6) is 0 Å². The number of hydrogen-bond donors (Lipinski definition) is 4. The van der Waals surface area contributed by atoms with Gasteiger partial charge in [-0.3, -0.25) is 20.2 Å². The fourth-order valence-electron chi connectivity index (χ4n) is 1.94. The van der Waals surface area contributed by atoms with Crippen molar-refractivity contribution in [3.05, 3.63) is 0 Å². The maximum atomic E-state index is 11.5. The summed E-state index contributed by atoms with van der Waals surface area (Å²) in [4.78, 5) is 34.0. The van der Waals surface area contributed by atoms with Crippen molar-refractivity contribution in [3.8, 4) is 0 Å². The summed E-state index contributed by atoms with van der Waals surface area (Å²) < 4.78 is 0. The number of nitrogens with one attached hydrogen (secondary N) is 3. The van der Waals surface area contributed by atoms with Gasteiger partial charge in [0.2, 0.25) is 5.91 Å². The van der Waals surface area contributed by atoms with Gasteiger partial charge in [0.1, 0.15) is 5.54 Å². The maximum Gasteiger partial charge on any atom is 0.323 e. The first-order valence-electron chi connectivity index (χ1n) is 6.92. The van der Waals surface area contributed by atoms with Crippen LogP contribution in [0.15, 0.2) is 0 Å². The molecule has 0 aromatic heterocycles. The van der Waals surface area contributed by atoms with Crippen LogP contribution in [-0.2, 0) is 9.59 Å². The number of imide groups is 1. The Morgan fingerprint density at radius 1 is 1.25 bits per heavy atom. The molecule has 1 aliphatic rings. The van der Waals surface area contributed by atoms with Gasteiger partial charge in [-0.05, 0) is 31.6 Å². The van der Waals surface area contributed by atoms with Gasteiger partial charge in [0.25, 0.3) is 0 Å². The molecule has 114 valence electrons. The van der Waals surface area contributed by atoms with Crippen LogP contribution in [-0.4, -0.2) is 41.6 Å². The smallest absolute Gasteiger partial charge is 0.323 e. The van der Waals surface area contributed by atoms with Gasteiger partial charge >= 0.3 is 12.0 Å². The van der Waals surface area contributed by atoms with Crippen LogP contribution in [0.3, 0.4) is 0 Å². The summed E-state index contributed by atoms with van der Waals surface area (Å²) in [6.07, 6.45) is 2.69. The Kier molecular flexibility index (Phi) is 5.94. The van der Waals surface area contributed by atoms with Gasteiger partial charge in [-0.25, -0.2) is 4.79 Å². The standard InChI is InChI=1S/C13H23N3O4/c1-9(2)4-7-14-12(20)16-10(17)8-15-13(11(18)19)5-3-6-13/h9,15H,3-8H2,1-2H3,(H,18,19)(H2,14,16,17,20). The molecule has 7 nitrogen and oxygen atoms in total. The highest BCUT2D eigenvalue weighted by molar-refractivity contribution is 5.95.